The molecule has 5 aromatic rings. The van der Waals surface area contributed by atoms with Gasteiger partial charge in [-0.2, -0.15) is 0 Å². The molecule has 0 saturated heterocycles. The van der Waals surface area contributed by atoms with Gasteiger partial charge in [-0.1, -0.05) is 18.2 Å². The molecule has 0 fully saturated rings. The highest BCUT2D eigenvalue weighted by Crippen LogP contribution is 2.42. The third-order valence-electron chi connectivity index (χ3n) is 7.97. The van der Waals surface area contributed by atoms with E-state index in [1.54, 1.807) is 42.7 Å². The van der Waals surface area contributed by atoms with E-state index in [9.17, 15) is 12.8 Å². The van der Waals surface area contributed by atoms with Crippen LogP contribution in [0.3, 0.4) is 0 Å². The van der Waals surface area contributed by atoms with Gasteiger partial charge in [0.1, 0.15) is 41.7 Å². The molecule has 2 N–H and O–H groups in total. The van der Waals surface area contributed by atoms with Crippen molar-refractivity contribution in [2.75, 3.05) is 24.2 Å². The number of nitrogens with one attached hydrogen (secondary N) is 2. The Hall–Kier alpha value is -4.46. The van der Waals surface area contributed by atoms with Gasteiger partial charge in [-0.15, -0.1) is 0 Å². The summed E-state index contributed by atoms with van der Waals surface area (Å²) in [7, 11) is -3.49. The zero-order valence-electron chi connectivity index (χ0n) is 25.7. The second-order valence-electron chi connectivity index (χ2n) is 11.3. The number of sulfone groups is 1. The molecule has 0 bridgehead atoms. The predicted octanol–water partition coefficient (Wildman–Crippen LogP) is 7.36. The van der Waals surface area contributed by atoms with Crippen molar-refractivity contribution >= 4 is 48.2 Å². The first-order valence-electron chi connectivity index (χ1n) is 15.3. The highest BCUT2D eigenvalue weighted by Gasteiger charge is 2.38. The molecule has 13 heteroatoms. The third kappa shape index (κ3) is 7.80. The summed E-state index contributed by atoms with van der Waals surface area (Å²) in [5, 5.41) is 7.15. The van der Waals surface area contributed by atoms with Crippen molar-refractivity contribution in [1.82, 2.24) is 20.3 Å². The quantitative estimate of drug-likeness (QED) is 0.113. The molecule has 1 aliphatic heterocycles. The average molecular weight is 737 g/mol. The number of anilines is 2. The second-order valence-corrected chi connectivity index (χ2v) is 14.2. The van der Waals surface area contributed by atoms with Crippen LogP contribution in [0.1, 0.15) is 30.4 Å². The summed E-state index contributed by atoms with van der Waals surface area (Å²) in [5.41, 5.74) is 1.30. The molecule has 0 spiro atoms. The molecule has 0 amide bonds. The molecule has 6 rings (SSSR count). The summed E-state index contributed by atoms with van der Waals surface area (Å²) in [6.07, 6.45) is 7.86. The van der Waals surface area contributed by atoms with Crippen molar-refractivity contribution in [2.24, 2.45) is 0 Å². The first-order chi connectivity index (χ1) is 23.2. The molecule has 248 valence electrons. The van der Waals surface area contributed by atoms with Crippen molar-refractivity contribution in [1.29, 1.82) is 0 Å². The molecular weight excluding hydrogens is 704 g/mol. The standard InChI is InChI=1S/C35H32BrF2N5O4S/c36-29-19-26(9-10-32(29)46-22-24-6-3-7-25(37)18-24)43-34-27-20-28(30(38)21-31(27)41-23-42-34)35(12-5-16-47-35)11-4-13-39-15-17-48(44,45)33-8-1-2-14-40-33/h1-3,5-10,14,16,18-21,23,39H,4,11-13,15,17,22H2,(H,41,42,43). The van der Waals surface area contributed by atoms with E-state index in [0.29, 0.717) is 69.6 Å². The van der Waals surface area contributed by atoms with Gasteiger partial charge >= 0.3 is 0 Å². The molecule has 1 aliphatic rings. The van der Waals surface area contributed by atoms with Gasteiger partial charge in [0.15, 0.2) is 14.9 Å². The molecule has 2 aromatic heterocycles. The van der Waals surface area contributed by atoms with E-state index >= 15 is 4.39 Å². The Balaban J connectivity index is 1.13. The molecule has 1 unspecified atom stereocenters. The lowest BCUT2D eigenvalue weighted by molar-refractivity contribution is 0.0273. The Labute approximate surface area is 285 Å². The normalized spacial score (nSPS) is 15.8. The van der Waals surface area contributed by atoms with Crippen LogP contribution in [0, 0.1) is 11.6 Å². The fraction of sp³-hybridized carbons (Fsp3) is 0.229. The molecule has 1 atom stereocenters. The highest BCUT2D eigenvalue weighted by molar-refractivity contribution is 9.10. The predicted molar refractivity (Wildman–Crippen MR) is 183 cm³/mol. The van der Waals surface area contributed by atoms with Gasteiger partial charge in [0, 0.05) is 41.9 Å². The molecule has 48 heavy (non-hydrogen) atoms. The van der Waals surface area contributed by atoms with E-state index in [4.69, 9.17) is 9.47 Å². The summed E-state index contributed by atoms with van der Waals surface area (Å²) < 4.78 is 66.9. The maximum Gasteiger partial charge on any atom is 0.196 e. The lowest BCUT2D eigenvalue weighted by Crippen LogP contribution is -2.29. The molecule has 9 nitrogen and oxygen atoms in total. The minimum atomic E-state index is -3.49. The fourth-order valence-electron chi connectivity index (χ4n) is 5.55. The SMILES string of the molecule is O=S(=O)(CCNCCCC1(c2cc3c(Nc4ccc(OCc5cccc(F)c5)c(Br)c4)ncnc3cc2F)CC=CO1)c1ccccn1. The molecule has 3 heterocycles. The minimum Gasteiger partial charge on any atom is -0.490 e. The van der Waals surface area contributed by atoms with Crippen LogP contribution in [-0.4, -0.2) is 42.2 Å². The summed E-state index contributed by atoms with van der Waals surface area (Å²) >= 11 is 3.55. The van der Waals surface area contributed by atoms with Crippen molar-refractivity contribution in [3.8, 4) is 5.75 Å². The number of rotatable bonds is 14. The average Bonchev–Trinajstić information content (AvgIpc) is 3.56. The van der Waals surface area contributed by atoms with Gasteiger partial charge in [0.2, 0.25) is 0 Å². The monoisotopic (exact) mass is 735 g/mol. The number of nitrogens with zero attached hydrogens (tertiary/aromatic N) is 3. The Kier molecular flexibility index (Phi) is 10.3. The molecule has 0 radical (unpaired) electrons. The summed E-state index contributed by atoms with van der Waals surface area (Å²) in [6.45, 7) is 0.985. The zero-order chi connectivity index (χ0) is 33.6. The number of ether oxygens (including phenoxy) is 2. The first-order valence-corrected chi connectivity index (χ1v) is 17.7. The van der Waals surface area contributed by atoms with E-state index in [0.717, 1.165) is 0 Å². The zero-order valence-corrected chi connectivity index (χ0v) is 28.1. The van der Waals surface area contributed by atoms with Gasteiger partial charge in [0.05, 0.1) is 22.0 Å². The first kappa shape index (κ1) is 33.4. The van der Waals surface area contributed by atoms with Crippen molar-refractivity contribution in [3.63, 3.8) is 0 Å². The summed E-state index contributed by atoms with van der Waals surface area (Å²) in [5.74, 6) is 0.227. The second kappa shape index (κ2) is 14.8. The maximum absolute atomic E-state index is 15.7. The van der Waals surface area contributed by atoms with Crippen LogP contribution in [0.25, 0.3) is 10.9 Å². The van der Waals surface area contributed by atoms with E-state index in [-0.39, 0.29) is 29.7 Å². The van der Waals surface area contributed by atoms with E-state index in [2.05, 4.69) is 41.5 Å². The van der Waals surface area contributed by atoms with Gasteiger partial charge in [-0.25, -0.2) is 32.2 Å². The van der Waals surface area contributed by atoms with E-state index in [1.165, 1.54) is 36.8 Å². The topological polar surface area (TPSA) is 115 Å². The van der Waals surface area contributed by atoms with Crippen LogP contribution in [0.5, 0.6) is 5.75 Å². The molecular formula is C35H32BrF2N5O4S. The number of pyridine rings is 1. The number of benzene rings is 3. The van der Waals surface area contributed by atoms with Crippen LogP contribution in [0.15, 0.2) is 107 Å². The largest absolute Gasteiger partial charge is 0.490 e. The van der Waals surface area contributed by atoms with Crippen molar-refractivity contribution < 1.29 is 26.7 Å². The van der Waals surface area contributed by atoms with Crippen LogP contribution in [0.2, 0.25) is 0 Å². The van der Waals surface area contributed by atoms with E-state index < -0.39 is 21.3 Å². The lowest BCUT2D eigenvalue weighted by atomic mass is 9.85. The third-order valence-corrected chi connectivity index (χ3v) is 10.2. The smallest absolute Gasteiger partial charge is 0.196 e. The van der Waals surface area contributed by atoms with Gasteiger partial charge < -0.3 is 20.1 Å². The number of halogens is 3. The number of hydrogen-bond donors (Lipinski definition) is 2. The van der Waals surface area contributed by atoms with E-state index in [1.807, 2.05) is 18.2 Å². The van der Waals surface area contributed by atoms with Crippen molar-refractivity contribution in [3.05, 3.63) is 125 Å². The van der Waals surface area contributed by atoms with Gasteiger partial charge in [0.25, 0.3) is 0 Å². The Morgan fingerprint density at radius 1 is 0.979 bits per heavy atom. The Bertz CT molecular complexity index is 2040. The van der Waals surface area contributed by atoms with Crippen LogP contribution < -0.4 is 15.4 Å². The van der Waals surface area contributed by atoms with Crippen molar-refractivity contribution in [2.45, 2.75) is 36.5 Å². The number of fused-ring (bicyclic) bond motifs is 1. The van der Waals surface area contributed by atoms with Gasteiger partial charge in [-0.05, 0) is 95.5 Å². The molecule has 3 aromatic carbocycles. The van der Waals surface area contributed by atoms with Gasteiger partial charge in [-0.3, -0.25) is 0 Å². The fourth-order valence-corrected chi connectivity index (χ4v) is 7.17. The number of hydrogen-bond acceptors (Lipinski definition) is 9. The maximum atomic E-state index is 15.7. The summed E-state index contributed by atoms with van der Waals surface area (Å²) in [6, 6.07) is 19.6. The van der Waals surface area contributed by atoms with Crippen LogP contribution >= 0.6 is 15.9 Å². The van der Waals surface area contributed by atoms with Crippen LogP contribution in [0.4, 0.5) is 20.3 Å². The van der Waals surface area contributed by atoms with Crippen LogP contribution in [-0.2, 0) is 26.8 Å². The Morgan fingerprint density at radius 2 is 1.88 bits per heavy atom. The Morgan fingerprint density at radius 3 is 2.65 bits per heavy atom. The minimum absolute atomic E-state index is 0.0529. The highest BCUT2D eigenvalue weighted by atomic mass is 79.9. The summed E-state index contributed by atoms with van der Waals surface area (Å²) in [4.78, 5) is 12.7. The molecule has 0 aliphatic carbocycles. The molecule has 0 saturated carbocycles. The lowest BCUT2D eigenvalue weighted by Gasteiger charge is -2.30. The number of aromatic nitrogens is 3.